The van der Waals surface area contributed by atoms with Gasteiger partial charge >= 0.3 is 6.43 Å². The number of carbonyl (C=O) groups is 1. The van der Waals surface area contributed by atoms with Crippen LogP contribution in [0, 0.1) is 11.3 Å². The molecule has 0 radical (unpaired) electrons. The number of nitrogens with zero attached hydrogens (tertiary/aromatic N) is 8. The smallest absolute Gasteiger partial charge is 0.314 e. The Morgan fingerprint density at radius 3 is 2.49 bits per heavy atom. The molecule has 0 aromatic carbocycles. The number of pyridine rings is 1. The molecule has 0 spiro atoms. The number of alkyl halides is 2. The molecule has 5 aromatic rings. The van der Waals surface area contributed by atoms with E-state index in [9.17, 15) is 18.8 Å². The molecule has 15 heteroatoms. The molecule has 0 bridgehead atoms. The summed E-state index contributed by atoms with van der Waals surface area (Å²) < 4.78 is 33.0. The molecule has 2 aliphatic rings. The van der Waals surface area contributed by atoms with E-state index >= 15 is 0 Å². The van der Waals surface area contributed by atoms with Crippen molar-refractivity contribution < 1.29 is 18.0 Å². The summed E-state index contributed by atoms with van der Waals surface area (Å²) in [7, 11) is 0. The Morgan fingerprint density at radius 1 is 1.00 bits per heavy atom. The van der Waals surface area contributed by atoms with E-state index < -0.39 is 12.3 Å². The summed E-state index contributed by atoms with van der Waals surface area (Å²) in [5.41, 5.74) is 4.44. The van der Waals surface area contributed by atoms with E-state index in [1.165, 1.54) is 6.20 Å². The Labute approximate surface area is 272 Å². The molecular weight excluding hydrogens is 626 g/mol. The van der Waals surface area contributed by atoms with Crippen LogP contribution in [0.3, 0.4) is 0 Å². The maximum absolute atomic E-state index is 13.0. The Bertz CT molecular complexity index is 1930. The lowest BCUT2D eigenvalue weighted by molar-refractivity contribution is -0.119. The fraction of sp³-hybridized carbons (Fsp3) is 0.438. The third kappa shape index (κ3) is 6.55. The molecule has 0 unspecified atom stereocenters. The van der Waals surface area contributed by atoms with Crippen LogP contribution >= 0.6 is 11.3 Å². The molecule has 0 atom stereocenters. The molecule has 2 N–H and O–H groups in total. The first kappa shape index (κ1) is 30.8. The minimum Gasteiger partial charge on any atom is -0.419 e. The number of fused-ring (bicyclic) bond motifs is 1. The van der Waals surface area contributed by atoms with Crippen molar-refractivity contribution in [2.75, 3.05) is 5.32 Å². The van der Waals surface area contributed by atoms with E-state index in [0.717, 1.165) is 71.0 Å². The Hall–Kier alpha value is -4.84. The largest absolute Gasteiger partial charge is 0.419 e. The van der Waals surface area contributed by atoms with Crippen molar-refractivity contribution in [3.63, 3.8) is 0 Å². The molecule has 1 amide bonds. The van der Waals surface area contributed by atoms with Gasteiger partial charge < -0.3 is 15.1 Å². The molecule has 2 saturated carbocycles. The lowest BCUT2D eigenvalue weighted by atomic mass is 9.86. The van der Waals surface area contributed by atoms with Crippen molar-refractivity contribution >= 4 is 28.4 Å². The number of anilines is 1. The van der Waals surface area contributed by atoms with Gasteiger partial charge in [-0.1, -0.05) is 11.3 Å². The molecule has 0 aliphatic heterocycles. The molecule has 7 rings (SSSR count). The van der Waals surface area contributed by atoms with E-state index in [1.807, 2.05) is 24.4 Å². The van der Waals surface area contributed by atoms with E-state index in [2.05, 4.69) is 42.2 Å². The number of aromatic nitrogens is 7. The molecule has 47 heavy (non-hydrogen) atoms. The van der Waals surface area contributed by atoms with Crippen LogP contribution in [0.4, 0.5) is 14.5 Å². The van der Waals surface area contributed by atoms with Crippen molar-refractivity contribution in [1.29, 1.82) is 5.26 Å². The maximum atomic E-state index is 13.0. The molecule has 0 saturated heterocycles. The van der Waals surface area contributed by atoms with Crippen molar-refractivity contribution in [2.45, 2.75) is 88.6 Å². The summed E-state index contributed by atoms with van der Waals surface area (Å²) >= 11 is 1.57. The predicted octanol–water partition coefficient (Wildman–Crippen LogP) is 6.41. The predicted molar refractivity (Wildman–Crippen MR) is 169 cm³/mol. The molecule has 5 aromatic heterocycles. The lowest BCUT2D eigenvalue weighted by Gasteiger charge is -2.28. The highest BCUT2D eigenvalue weighted by Crippen LogP contribution is 2.41. The summed E-state index contributed by atoms with van der Waals surface area (Å²) in [5, 5.41) is 38.8. The second-order valence-corrected chi connectivity index (χ2v) is 13.2. The number of halogens is 2. The minimum absolute atomic E-state index is 0.00229. The van der Waals surface area contributed by atoms with Gasteiger partial charge in [-0.25, -0.2) is 4.52 Å². The van der Waals surface area contributed by atoms with Gasteiger partial charge in [0, 0.05) is 42.7 Å². The molecule has 2 aliphatic carbocycles. The average molecular weight is 659 g/mol. The lowest BCUT2D eigenvalue weighted by Crippen LogP contribution is -2.35. The van der Waals surface area contributed by atoms with Crippen molar-refractivity contribution in [3.8, 4) is 28.0 Å². The molecule has 5 heterocycles. The van der Waals surface area contributed by atoms with Gasteiger partial charge in [-0.2, -0.15) is 19.1 Å². The van der Waals surface area contributed by atoms with Gasteiger partial charge in [-0.3, -0.25) is 9.78 Å². The highest BCUT2D eigenvalue weighted by molar-refractivity contribution is 7.14. The van der Waals surface area contributed by atoms with E-state index in [4.69, 9.17) is 9.40 Å². The van der Waals surface area contributed by atoms with Gasteiger partial charge in [-0.05, 0) is 75.6 Å². The Kier molecular flexibility index (Phi) is 8.59. The van der Waals surface area contributed by atoms with Gasteiger partial charge in [0.2, 0.25) is 11.8 Å². The number of nitrogens with one attached hydrogen (secondary N) is 2. The molecule has 242 valence electrons. The maximum Gasteiger partial charge on any atom is 0.314 e. The third-order valence-corrected chi connectivity index (χ3v) is 10.1. The Morgan fingerprint density at radius 2 is 1.77 bits per heavy atom. The van der Waals surface area contributed by atoms with Crippen molar-refractivity contribution in [1.82, 2.24) is 40.3 Å². The quantitative estimate of drug-likeness (QED) is 0.191. The van der Waals surface area contributed by atoms with Gasteiger partial charge in [0.15, 0.2) is 5.01 Å². The SMILES string of the molecule is CC(=O)NC1CCC(c2nnc(-c3cnc(-c4ccc5cc(C#N)cnn45)cc3NC3CCC(c4nnc(C(F)F)o4)CC3)s2)CC1. The van der Waals surface area contributed by atoms with Crippen molar-refractivity contribution in [3.05, 3.63) is 59.0 Å². The zero-order valence-electron chi connectivity index (χ0n) is 25.6. The summed E-state index contributed by atoms with van der Waals surface area (Å²) in [5.74, 6) is -0.143. The van der Waals surface area contributed by atoms with Crippen LogP contribution in [-0.2, 0) is 4.79 Å². The van der Waals surface area contributed by atoms with Crippen LogP contribution in [0.1, 0.15) is 98.9 Å². The molecular formula is C32H32F2N10O2S. The summed E-state index contributed by atoms with van der Waals surface area (Å²) in [6, 6.07) is 10.0. The highest BCUT2D eigenvalue weighted by atomic mass is 32.1. The zero-order valence-corrected chi connectivity index (χ0v) is 26.4. The van der Waals surface area contributed by atoms with Crippen LogP contribution in [0.25, 0.3) is 27.5 Å². The van der Waals surface area contributed by atoms with Gasteiger partial charge in [0.1, 0.15) is 11.1 Å². The van der Waals surface area contributed by atoms with Gasteiger partial charge in [0.05, 0.1) is 34.2 Å². The third-order valence-electron chi connectivity index (χ3n) is 9.03. The normalized spacial score (nSPS) is 21.5. The fourth-order valence-corrected chi connectivity index (χ4v) is 7.66. The van der Waals surface area contributed by atoms with Gasteiger partial charge in [-0.15, -0.1) is 20.4 Å². The topological polar surface area (TPSA) is 160 Å². The monoisotopic (exact) mass is 658 g/mol. The minimum atomic E-state index is -2.78. The first-order valence-corrected chi connectivity index (χ1v) is 16.5. The standard InChI is InChI=1S/C32H32F2N10O2S/c1-17(45)38-21-8-4-20(5-9-21)31-42-43-32(47-31)24-16-36-26(27-11-10-23-12-18(14-35)15-37-44(23)27)13-25(24)39-22-6-2-19(3-7-22)29-40-41-30(46-29)28(33)34/h10-13,15-16,19-22,28H,2-9H2,1H3,(H,36,39)(H,38,45). The second-order valence-electron chi connectivity index (χ2n) is 12.2. The fourth-order valence-electron chi connectivity index (χ4n) is 6.62. The van der Waals surface area contributed by atoms with E-state index in [0.29, 0.717) is 24.1 Å². The number of amides is 1. The summed E-state index contributed by atoms with van der Waals surface area (Å²) in [6.07, 6.45) is 7.24. The van der Waals surface area contributed by atoms with Gasteiger partial charge in [0.25, 0.3) is 5.89 Å². The second kappa shape index (κ2) is 13.1. The Balaban J connectivity index is 1.14. The number of hydrogen-bond donors (Lipinski definition) is 2. The summed E-state index contributed by atoms with van der Waals surface area (Å²) in [4.78, 5) is 16.3. The van der Waals surface area contributed by atoms with E-state index in [1.54, 1.807) is 28.8 Å². The van der Waals surface area contributed by atoms with Crippen LogP contribution in [-0.4, -0.2) is 53.0 Å². The zero-order chi connectivity index (χ0) is 32.5. The number of carbonyl (C=O) groups excluding carboxylic acids is 1. The van der Waals surface area contributed by atoms with Crippen LogP contribution in [0.15, 0.2) is 41.1 Å². The van der Waals surface area contributed by atoms with Crippen LogP contribution < -0.4 is 10.6 Å². The average Bonchev–Trinajstić information content (AvgIpc) is 3.85. The molecule has 12 nitrogen and oxygen atoms in total. The summed E-state index contributed by atoms with van der Waals surface area (Å²) in [6.45, 7) is 1.55. The first-order valence-electron chi connectivity index (χ1n) is 15.7. The van der Waals surface area contributed by atoms with Crippen LogP contribution in [0.5, 0.6) is 0 Å². The number of nitriles is 1. The van der Waals surface area contributed by atoms with Crippen molar-refractivity contribution in [2.24, 2.45) is 0 Å². The first-order chi connectivity index (χ1) is 22.8. The number of hydrogen-bond acceptors (Lipinski definition) is 11. The number of rotatable bonds is 8. The molecule has 2 fully saturated rings. The van der Waals surface area contributed by atoms with E-state index in [-0.39, 0.29) is 35.7 Å². The highest BCUT2D eigenvalue weighted by Gasteiger charge is 2.30. The van der Waals surface area contributed by atoms with Crippen LogP contribution in [0.2, 0.25) is 0 Å².